The zero-order valence-corrected chi connectivity index (χ0v) is 15.2. The van der Waals surface area contributed by atoms with Crippen molar-refractivity contribution in [1.82, 2.24) is 5.32 Å². The Morgan fingerprint density at radius 1 is 1.08 bits per heavy atom. The Morgan fingerprint density at radius 3 is 2.46 bits per heavy atom. The van der Waals surface area contributed by atoms with Crippen LogP contribution in [0.5, 0.6) is 0 Å². The Balaban J connectivity index is 1.84. The van der Waals surface area contributed by atoms with Crippen molar-refractivity contribution in [3.8, 4) is 6.07 Å². The number of hydrogen-bond donors (Lipinski definition) is 2. The molecule has 4 nitrogen and oxygen atoms in total. The summed E-state index contributed by atoms with van der Waals surface area (Å²) in [6.07, 6.45) is 5.68. The minimum atomic E-state index is -0.521. The van der Waals surface area contributed by atoms with Gasteiger partial charge in [-0.3, -0.25) is 4.79 Å². The molecule has 4 heteroatoms. The summed E-state index contributed by atoms with van der Waals surface area (Å²) in [6, 6.07) is 17.2. The van der Waals surface area contributed by atoms with Gasteiger partial charge >= 0.3 is 0 Å². The first-order valence-corrected chi connectivity index (χ1v) is 9.30. The molecule has 1 saturated carbocycles. The Hall–Kier alpha value is -2.80. The van der Waals surface area contributed by atoms with Gasteiger partial charge < -0.3 is 10.6 Å². The maximum absolute atomic E-state index is 13.0. The van der Waals surface area contributed by atoms with Gasteiger partial charge in [0, 0.05) is 6.04 Å². The minimum absolute atomic E-state index is 0.0338. The van der Waals surface area contributed by atoms with Crippen LogP contribution in [0.3, 0.4) is 0 Å². The molecule has 1 fully saturated rings. The van der Waals surface area contributed by atoms with E-state index in [0.29, 0.717) is 11.3 Å². The molecule has 1 unspecified atom stereocenters. The van der Waals surface area contributed by atoms with E-state index >= 15 is 0 Å². The average Bonchev–Trinajstić information content (AvgIpc) is 2.68. The molecule has 1 amide bonds. The average molecular weight is 347 g/mol. The number of nitriles is 1. The summed E-state index contributed by atoms with van der Waals surface area (Å²) >= 11 is 0. The molecule has 1 aliphatic rings. The molecule has 0 saturated heterocycles. The van der Waals surface area contributed by atoms with Gasteiger partial charge in [0.05, 0.1) is 11.3 Å². The number of carbonyl (C=O) groups excluding carboxylic acids is 1. The van der Waals surface area contributed by atoms with Gasteiger partial charge in [0.25, 0.3) is 0 Å². The number of benzene rings is 2. The number of aryl methyl sites for hydroxylation is 1. The third-order valence-electron chi connectivity index (χ3n) is 4.97. The first kappa shape index (κ1) is 18.0. The van der Waals surface area contributed by atoms with Crippen molar-refractivity contribution < 1.29 is 4.79 Å². The highest BCUT2D eigenvalue weighted by Gasteiger charge is 2.24. The largest absolute Gasteiger partial charge is 0.369 e. The Morgan fingerprint density at radius 2 is 1.77 bits per heavy atom. The van der Waals surface area contributed by atoms with E-state index in [1.165, 1.54) is 19.3 Å². The van der Waals surface area contributed by atoms with E-state index in [9.17, 15) is 10.1 Å². The smallest absolute Gasteiger partial charge is 0.247 e. The van der Waals surface area contributed by atoms with Gasteiger partial charge in [0.1, 0.15) is 12.1 Å². The van der Waals surface area contributed by atoms with Crippen molar-refractivity contribution >= 4 is 11.6 Å². The molecule has 3 rings (SSSR count). The standard InChI is InChI=1S/C22H25N3O/c1-16-11-13-17(14-12-16)21(22(26)24-19-8-3-2-4-9-19)25-20-10-6-5-7-18(20)15-23/h5-7,10-14,19,21,25H,2-4,8-9H2,1H3,(H,24,26). The quantitative estimate of drug-likeness (QED) is 0.839. The van der Waals surface area contributed by atoms with Gasteiger partial charge in [-0.15, -0.1) is 0 Å². The number of anilines is 1. The van der Waals surface area contributed by atoms with Crippen molar-refractivity contribution in [2.24, 2.45) is 0 Å². The summed E-state index contributed by atoms with van der Waals surface area (Å²) in [7, 11) is 0. The van der Waals surface area contributed by atoms with E-state index < -0.39 is 6.04 Å². The summed E-state index contributed by atoms with van der Waals surface area (Å²) in [5, 5.41) is 15.8. The number of hydrogen-bond acceptors (Lipinski definition) is 3. The van der Waals surface area contributed by atoms with Crippen LogP contribution >= 0.6 is 0 Å². The zero-order valence-electron chi connectivity index (χ0n) is 15.2. The van der Waals surface area contributed by atoms with Crippen molar-refractivity contribution in [1.29, 1.82) is 5.26 Å². The van der Waals surface area contributed by atoms with Gasteiger partial charge in [-0.1, -0.05) is 61.2 Å². The van der Waals surface area contributed by atoms with Crippen molar-refractivity contribution in [2.75, 3.05) is 5.32 Å². The zero-order chi connectivity index (χ0) is 18.4. The van der Waals surface area contributed by atoms with E-state index in [-0.39, 0.29) is 11.9 Å². The van der Waals surface area contributed by atoms with Crippen LogP contribution in [0.2, 0.25) is 0 Å². The fraction of sp³-hybridized carbons (Fsp3) is 0.364. The van der Waals surface area contributed by atoms with Crippen molar-refractivity contribution in [3.63, 3.8) is 0 Å². The van der Waals surface area contributed by atoms with Gasteiger partial charge in [0.2, 0.25) is 5.91 Å². The lowest BCUT2D eigenvalue weighted by Gasteiger charge is -2.27. The highest BCUT2D eigenvalue weighted by Crippen LogP contribution is 2.24. The second kappa shape index (κ2) is 8.53. The monoisotopic (exact) mass is 347 g/mol. The minimum Gasteiger partial charge on any atom is -0.369 e. The molecule has 26 heavy (non-hydrogen) atoms. The van der Waals surface area contributed by atoms with Crippen LogP contribution in [-0.4, -0.2) is 11.9 Å². The van der Waals surface area contributed by atoms with Crippen LogP contribution in [-0.2, 0) is 4.79 Å². The summed E-state index contributed by atoms with van der Waals surface area (Å²) < 4.78 is 0. The predicted octanol–water partition coefficient (Wildman–Crippen LogP) is 4.47. The second-order valence-corrected chi connectivity index (χ2v) is 6.99. The lowest BCUT2D eigenvalue weighted by atomic mass is 9.94. The summed E-state index contributed by atoms with van der Waals surface area (Å²) in [6.45, 7) is 2.03. The Kier molecular flexibility index (Phi) is 5.91. The molecule has 1 aliphatic carbocycles. The third-order valence-corrected chi connectivity index (χ3v) is 4.97. The van der Waals surface area contributed by atoms with Crippen LogP contribution in [0, 0.1) is 18.3 Å². The molecule has 0 radical (unpaired) electrons. The number of rotatable bonds is 5. The SMILES string of the molecule is Cc1ccc(C(Nc2ccccc2C#N)C(=O)NC2CCCCC2)cc1. The number of para-hydroxylation sites is 1. The van der Waals surface area contributed by atoms with Crippen LogP contribution in [0.4, 0.5) is 5.69 Å². The third kappa shape index (κ3) is 4.43. The highest BCUT2D eigenvalue weighted by molar-refractivity contribution is 5.86. The van der Waals surface area contributed by atoms with Gasteiger partial charge in [-0.25, -0.2) is 0 Å². The van der Waals surface area contributed by atoms with E-state index in [1.807, 2.05) is 49.4 Å². The molecule has 0 aromatic heterocycles. The van der Waals surface area contributed by atoms with E-state index in [0.717, 1.165) is 24.0 Å². The highest BCUT2D eigenvalue weighted by atomic mass is 16.2. The lowest BCUT2D eigenvalue weighted by Crippen LogP contribution is -2.41. The number of carbonyl (C=O) groups is 1. The van der Waals surface area contributed by atoms with Gasteiger partial charge in [-0.2, -0.15) is 5.26 Å². The molecule has 134 valence electrons. The number of amides is 1. The summed E-state index contributed by atoms with van der Waals surface area (Å²) in [5.41, 5.74) is 3.27. The molecule has 2 aromatic carbocycles. The first-order valence-electron chi connectivity index (χ1n) is 9.30. The van der Waals surface area contributed by atoms with Crippen molar-refractivity contribution in [3.05, 3.63) is 65.2 Å². The molecule has 2 aromatic rings. The normalized spacial score (nSPS) is 15.7. The topological polar surface area (TPSA) is 64.9 Å². The van der Waals surface area contributed by atoms with Crippen molar-refractivity contribution in [2.45, 2.75) is 51.1 Å². The fourth-order valence-electron chi connectivity index (χ4n) is 3.45. The molecule has 1 atom stereocenters. The molecular formula is C22H25N3O. The summed E-state index contributed by atoms with van der Waals surface area (Å²) in [5.74, 6) is -0.0338. The van der Waals surface area contributed by atoms with Gasteiger partial charge in [0.15, 0.2) is 0 Å². The van der Waals surface area contributed by atoms with Gasteiger partial charge in [-0.05, 0) is 37.5 Å². The number of nitrogens with one attached hydrogen (secondary N) is 2. The van der Waals surface area contributed by atoms with Crippen LogP contribution < -0.4 is 10.6 Å². The molecule has 0 spiro atoms. The molecule has 0 bridgehead atoms. The maximum Gasteiger partial charge on any atom is 0.247 e. The molecular weight excluding hydrogens is 322 g/mol. The van der Waals surface area contributed by atoms with Crippen LogP contribution in [0.25, 0.3) is 0 Å². The Labute approximate surface area is 155 Å². The Bertz CT molecular complexity index is 786. The van der Waals surface area contributed by atoms with E-state index in [2.05, 4.69) is 16.7 Å². The molecule has 2 N–H and O–H groups in total. The van der Waals surface area contributed by atoms with E-state index in [1.54, 1.807) is 6.07 Å². The van der Waals surface area contributed by atoms with E-state index in [4.69, 9.17) is 0 Å². The van der Waals surface area contributed by atoms with Crippen LogP contribution in [0.15, 0.2) is 48.5 Å². The molecule has 0 aliphatic heterocycles. The summed E-state index contributed by atoms with van der Waals surface area (Å²) in [4.78, 5) is 13.0. The lowest BCUT2D eigenvalue weighted by molar-refractivity contribution is -0.122. The molecule has 0 heterocycles. The maximum atomic E-state index is 13.0. The number of nitrogens with zero attached hydrogens (tertiary/aromatic N) is 1. The first-order chi connectivity index (χ1) is 12.7. The fourth-order valence-corrected chi connectivity index (χ4v) is 3.45. The van der Waals surface area contributed by atoms with Crippen LogP contribution in [0.1, 0.15) is 54.8 Å². The second-order valence-electron chi connectivity index (χ2n) is 6.99. The predicted molar refractivity (Wildman–Crippen MR) is 104 cm³/mol.